The number of esters is 1. The lowest BCUT2D eigenvalue weighted by Crippen LogP contribution is -2.46. The molecule has 0 fully saturated rings. The van der Waals surface area contributed by atoms with E-state index in [9.17, 15) is 19.8 Å². The number of unbranched alkanes of at least 4 members (excludes halogenated alkanes) is 27. The van der Waals surface area contributed by atoms with E-state index in [4.69, 9.17) is 4.74 Å². The van der Waals surface area contributed by atoms with Gasteiger partial charge in [-0.3, -0.25) is 9.59 Å². The highest BCUT2D eigenvalue weighted by atomic mass is 16.5. The molecule has 0 aromatic heterocycles. The van der Waals surface area contributed by atoms with E-state index in [1.807, 2.05) is 18.2 Å². The van der Waals surface area contributed by atoms with Gasteiger partial charge in [-0.1, -0.05) is 241 Å². The molecule has 370 valence electrons. The largest absolute Gasteiger partial charge is 0.462 e. The molecule has 0 rings (SSSR count). The lowest BCUT2D eigenvalue weighted by atomic mass is 10.0. The molecular formula is C58H103NO5. The van der Waals surface area contributed by atoms with Crippen LogP contribution in [0.25, 0.3) is 0 Å². The maximum atomic E-state index is 13.2. The van der Waals surface area contributed by atoms with Gasteiger partial charge in [0.15, 0.2) is 0 Å². The molecule has 0 aliphatic carbocycles. The Morgan fingerprint density at radius 3 is 1.44 bits per heavy atom. The van der Waals surface area contributed by atoms with E-state index >= 15 is 0 Å². The van der Waals surface area contributed by atoms with E-state index in [0.717, 1.165) is 96.3 Å². The molecule has 0 aliphatic heterocycles. The molecule has 64 heavy (non-hydrogen) atoms. The molecule has 6 nitrogen and oxygen atoms in total. The van der Waals surface area contributed by atoms with Crippen molar-refractivity contribution >= 4 is 11.9 Å². The van der Waals surface area contributed by atoms with Gasteiger partial charge in [0.05, 0.1) is 25.2 Å². The third-order valence-corrected chi connectivity index (χ3v) is 12.1. The van der Waals surface area contributed by atoms with E-state index in [1.165, 1.54) is 116 Å². The van der Waals surface area contributed by atoms with Gasteiger partial charge in [0.25, 0.3) is 0 Å². The number of hydrogen-bond donors (Lipinski definition) is 3. The van der Waals surface area contributed by atoms with Crippen LogP contribution in [0.1, 0.15) is 258 Å². The van der Waals surface area contributed by atoms with Gasteiger partial charge in [-0.25, -0.2) is 0 Å². The molecule has 0 saturated carbocycles. The van der Waals surface area contributed by atoms with Crippen LogP contribution in [0.4, 0.5) is 0 Å². The van der Waals surface area contributed by atoms with E-state index in [2.05, 4.69) is 80.8 Å². The molecule has 0 bridgehead atoms. The summed E-state index contributed by atoms with van der Waals surface area (Å²) < 4.78 is 5.93. The van der Waals surface area contributed by atoms with Gasteiger partial charge in [-0.15, -0.1) is 0 Å². The van der Waals surface area contributed by atoms with Crippen LogP contribution < -0.4 is 5.32 Å². The van der Waals surface area contributed by atoms with Crippen LogP contribution in [-0.2, 0) is 14.3 Å². The summed E-state index contributed by atoms with van der Waals surface area (Å²) in [5, 5.41) is 23.8. The quantitative estimate of drug-likeness (QED) is 0.0245. The summed E-state index contributed by atoms with van der Waals surface area (Å²) >= 11 is 0. The van der Waals surface area contributed by atoms with Crippen molar-refractivity contribution in [3.8, 4) is 0 Å². The Morgan fingerprint density at radius 2 is 0.906 bits per heavy atom. The molecule has 3 atom stereocenters. The number of carbonyl (C=O) groups excluding carboxylic acids is 2. The number of allylic oxidation sites excluding steroid dienone is 12. The Bertz CT molecular complexity index is 1190. The normalized spacial score (nSPS) is 13.8. The highest BCUT2D eigenvalue weighted by Crippen LogP contribution is 2.18. The molecule has 0 aliphatic rings. The van der Waals surface area contributed by atoms with Crippen molar-refractivity contribution in [2.24, 2.45) is 0 Å². The molecular weight excluding hydrogens is 791 g/mol. The minimum absolute atomic E-state index is 0.0562. The molecule has 0 spiro atoms. The van der Waals surface area contributed by atoms with Crippen LogP contribution in [-0.4, -0.2) is 46.9 Å². The maximum absolute atomic E-state index is 13.2. The summed E-state index contributed by atoms with van der Waals surface area (Å²) in [6.07, 6.45) is 65.3. The van der Waals surface area contributed by atoms with Crippen LogP contribution in [0.3, 0.4) is 0 Å². The first-order chi connectivity index (χ1) is 31.5. The Hall–Kier alpha value is -2.70. The number of aliphatic hydroxyl groups excluding tert-OH is 2. The fourth-order valence-electron chi connectivity index (χ4n) is 8.00. The number of rotatable bonds is 48. The standard InChI is InChI=1S/C58H103NO5/c1-4-7-10-13-16-19-22-25-28-31-34-37-40-43-46-49-54(64-58(63)51-48-45-42-39-36-33-30-27-24-21-18-15-12-9-6-3)52-57(62)59-55(53-60)56(61)50-47-44-41-38-35-32-29-26-23-20-17-14-11-8-5-2/h9,12,15-16,18-19,21,24-25,27-28,30,54-56,60-61H,4-8,10-11,13-14,17,20,22-23,26,29,31-53H2,1-3H3,(H,59,62)/b12-9+,18-15+,19-16-,24-21+,28-25-,30-27-. The molecule has 0 aromatic rings. The molecule has 0 saturated heterocycles. The molecule has 3 N–H and O–H groups in total. The van der Waals surface area contributed by atoms with Crippen molar-refractivity contribution in [3.63, 3.8) is 0 Å². The van der Waals surface area contributed by atoms with Crippen LogP contribution in [0.15, 0.2) is 72.9 Å². The Morgan fingerprint density at radius 1 is 0.484 bits per heavy atom. The van der Waals surface area contributed by atoms with E-state index in [1.54, 1.807) is 0 Å². The number of amides is 1. The predicted molar refractivity (Wildman–Crippen MR) is 278 cm³/mol. The second-order valence-electron chi connectivity index (χ2n) is 18.3. The Labute approximate surface area is 396 Å². The minimum Gasteiger partial charge on any atom is -0.462 e. The second kappa shape index (κ2) is 51.3. The topological polar surface area (TPSA) is 95.9 Å². The number of nitrogens with one attached hydrogen (secondary N) is 1. The first-order valence-electron chi connectivity index (χ1n) is 27.2. The zero-order chi connectivity index (χ0) is 46.7. The monoisotopic (exact) mass is 894 g/mol. The SMILES string of the molecule is CC/C=C/C=C/C=C/C=C\CCCCCCCC(=O)OC(CCCCCCC/C=C\C/C=C\CCCCC)CC(=O)NC(CO)C(O)CCCCCCCCCCCCCCCCC. The number of aliphatic hydroxyl groups is 2. The van der Waals surface area contributed by atoms with Gasteiger partial charge in [0, 0.05) is 6.42 Å². The zero-order valence-corrected chi connectivity index (χ0v) is 42.1. The molecule has 1 amide bonds. The average molecular weight is 894 g/mol. The minimum atomic E-state index is -0.799. The van der Waals surface area contributed by atoms with Crippen LogP contribution in [0, 0.1) is 0 Å². The number of ether oxygens (including phenoxy) is 1. The summed E-state index contributed by atoms with van der Waals surface area (Å²) in [4.78, 5) is 26.2. The van der Waals surface area contributed by atoms with Gasteiger partial charge in [0.2, 0.25) is 5.91 Å². The van der Waals surface area contributed by atoms with Crippen molar-refractivity contribution in [2.75, 3.05) is 6.61 Å². The molecule has 6 heteroatoms. The van der Waals surface area contributed by atoms with Gasteiger partial charge in [-0.2, -0.15) is 0 Å². The highest BCUT2D eigenvalue weighted by molar-refractivity contribution is 5.77. The smallest absolute Gasteiger partial charge is 0.306 e. The van der Waals surface area contributed by atoms with Gasteiger partial charge in [-0.05, 0) is 77.0 Å². The number of hydrogen-bond acceptors (Lipinski definition) is 5. The van der Waals surface area contributed by atoms with Crippen LogP contribution in [0.2, 0.25) is 0 Å². The average Bonchev–Trinajstić information content (AvgIpc) is 3.29. The number of carbonyl (C=O) groups is 2. The first kappa shape index (κ1) is 61.3. The van der Waals surface area contributed by atoms with Gasteiger partial charge >= 0.3 is 5.97 Å². The predicted octanol–water partition coefficient (Wildman–Crippen LogP) is 16.6. The third-order valence-electron chi connectivity index (χ3n) is 12.1. The zero-order valence-electron chi connectivity index (χ0n) is 42.1. The van der Waals surface area contributed by atoms with Gasteiger partial charge < -0.3 is 20.3 Å². The maximum Gasteiger partial charge on any atom is 0.306 e. The van der Waals surface area contributed by atoms with Crippen molar-refractivity contribution in [2.45, 2.75) is 277 Å². The van der Waals surface area contributed by atoms with E-state index in [-0.39, 0.29) is 24.9 Å². The van der Waals surface area contributed by atoms with Crippen LogP contribution in [0.5, 0.6) is 0 Å². The van der Waals surface area contributed by atoms with E-state index < -0.39 is 18.2 Å². The Balaban J connectivity index is 4.63. The highest BCUT2D eigenvalue weighted by Gasteiger charge is 2.24. The lowest BCUT2D eigenvalue weighted by Gasteiger charge is -2.24. The fraction of sp³-hybridized carbons (Fsp3) is 0.759. The second-order valence-corrected chi connectivity index (χ2v) is 18.3. The molecule has 0 aromatic carbocycles. The van der Waals surface area contributed by atoms with Gasteiger partial charge in [0.1, 0.15) is 6.10 Å². The fourth-order valence-corrected chi connectivity index (χ4v) is 8.00. The molecule has 3 unspecified atom stereocenters. The van der Waals surface area contributed by atoms with Crippen molar-refractivity contribution in [1.82, 2.24) is 5.32 Å². The first-order valence-corrected chi connectivity index (χ1v) is 27.2. The lowest BCUT2D eigenvalue weighted by molar-refractivity contribution is -0.151. The summed E-state index contributed by atoms with van der Waals surface area (Å²) in [5.41, 5.74) is 0. The van der Waals surface area contributed by atoms with Crippen molar-refractivity contribution < 1.29 is 24.5 Å². The summed E-state index contributed by atoms with van der Waals surface area (Å²) in [7, 11) is 0. The van der Waals surface area contributed by atoms with Crippen LogP contribution >= 0.6 is 0 Å². The van der Waals surface area contributed by atoms with E-state index in [0.29, 0.717) is 19.3 Å². The summed E-state index contributed by atoms with van der Waals surface area (Å²) in [6.45, 7) is 6.32. The van der Waals surface area contributed by atoms with Crippen molar-refractivity contribution in [1.29, 1.82) is 0 Å². The van der Waals surface area contributed by atoms with Crippen molar-refractivity contribution in [3.05, 3.63) is 72.9 Å². The Kier molecular flexibility index (Phi) is 49.1. The summed E-state index contributed by atoms with van der Waals surface area (Å²) in [5.74, 6) is -0.513. The molecule has 0 heterocycles. The third kappa shape index (κ3) is 45.9. The molecule has 0 radical (unpaired) electrons. The summed E-state index contributed by atoms with van der Waals surface area (Å²) in [6, 6.07) is -0.714.